The van der Waals surface area contributed by atoms with Crippen LogP contribution in [-0.4, -0.2) is 11.0 Å². The van der Waals surface area contributed by atoms with Gasteiger partial charge in [0.15, 0.2) is 5.84 Å². The Balaban J connectivity index is 2.21. The molecule has 0 atom stereocenters. The Morgan fingerprint density at radius 3 is 2.71 bits per heavy atom. The molecule has 2 aromatic carbocycles. The molecular formula is C15H14Cl2N2O2. The van der Waals surface area contributed by atoms with E-state index >= 15 is 0 Å². The van der Waals surface area contributed by atoms with Crippen molar-refractivity contribution in [3.63, 3.8) is 0 Å². The quantitative estimate of drug-likeness (QED) is 0.387. The van der Waals surface area contributed by atoms with Crippen LogP contribution in [0.1, 0.15) is 16.7 Å². The number of ether oxygens (including phenoxy) is 1. The van der Waals surface area contributed by atoms with Crippen molar-refractivity contribution in [1.29, 1.82) is 0 Å². The molecule has 0 bridgehead atoms. The standard InChI is InChI=1S/C15H14Cl2N2O2/c1-9-2-3-10(15(18)19-20)7-14(9)21-8-11-6-12(16)4-5-13(11)17/h2-7,20H,8H2,1H3,(H2,18,19). The van der Waals surface area contributed by atoms with Gasteiger partial charge in [0.2, 0.25) is 0 Å². The lowest BCUT2D eigenvalue weighted by Gasteiger charge is -2.12. The van der Waals surface area contributed by atoms with Crippen molar-refractivity contribution < 1.29 is 9.94 Å². The Morgan fingerprint density at radius 1 is 1.24 bits per heavy atom. The third-order valence-corrected chi connectivity index (χ3v) is 3.59. The van der Waals surface area contributed by atoms with Crippen LogP contribution in [0.3, 0.4) is 0 Å². The molecule has 0 saturated carbocycles. The maximum atomic E-state index is 8.71. The summed E-state index contributed by atoms with van der Waals surface area (Å²) in [6, 6.07) is 10.5. The van der Waals surface area contributed by atoms with Gasteiger partial charge in [-0.25, -0.2) is 0 Å². The topological polar surface area (TPSA) is 67.8 Å². The Morgan fingerprint density at radius 2 is 2.00 bits per heavy atom. The second-order valence-corrected chi connectivity index (χ2v) is 5.33. The minimum Gasteiger partial charge on any atom is -0.489 e. The van der Waals surface area contributed by atoms with Crippen molar-refractivity contribution in [2.24, 2.45) is 10.9 Å². The van der Waals surface area contributed by atoms with E-state index < -0.39 is 0 Å². The molecule has 110 valence electrons. The molecule has 3 N–H and O–H groups in total. The molecule has 2 aromatic rings. The molecule has 0 amide bonds. The summed E-state index contributed by atoms with van der Waals surface area (Å²) in [6.07, 6.45) is 0. The van der Waals surface area contributed by atoms with E-state index in [0.29, 0.717) is 21.4 Å². The Labute approximate surface area is 132 Å². The van der Waals surface area contributed by atoms with Crippen LogP contribution in [0.25, 0.3) is 0 Å². The third kappa shape index (κ3) is 3.80. The summed E-state index contributed by atoms with van der Waals surface area (Å²) in [6.45, 7) is 2.19. The van der Waals surface area contributed by atoms with Gasteiger partial charge in [0.1, 0.15) is 12.4 Å². The largest absolute Gasteiger partial charge is 0.489 e. The van der Waals surface area contributed by atoms with Gasteiger partial charge in [-0.05, 0) is 36.8 Å². The highest BCUT2D eigenvalue weighted by Gasteiger charge is 2.07. The zero-order valence-corrected chi connectivity index (χ0v) is 12.8. The van der Waals surface area contributed by atoms with Gasteiger partial charge in [-0.1, -0.05) is 40.5 Å². The van der Waals surface area contributed by atoms with E-state index in [1.54, 1.807) is 30.3 Å². The van der Waals surface area contributed by atoms with E-state index in [1.165, 1.54) is 0 Å². The molecule has 0 aliphatic heterocycles. The second-order valence-electron chi connectivity index (χ2n) is 4.49. The number of hydrogen-bond acceptors (Lipinski definition) is 3. The van der Waals surface area contributed by atoms with Crippen molar-refractivity contribution in [1.82, 2.24) is 0 Å². The van der Waals surface area contributed by atoms with E-state index in [0.717, 1.165) is 11.1 Å². The second kappa shape index (κ2) is 6.70. The summed E-state index contributed by atoms with van der Waals surface area (Å²) in [5, 5.41) is 12.9. The fourth-order valence-corrected chi connectivity index (χ4v) is 2.15. The molecule has 0 heterocycles. The van der Waals surface area contributed by atoms with Crippen LogP contribution >= 0.6 is 23.2 Å². The summed E-state index contributed by atoms with van der Waals surface area (Å²) in [5.41, 5.74) is 7.87. The fraction of sp³-hybridized carbons (Fsp3) is 0.133. The summed E-state index contributed by atoms with van der Waals surface area (Å²) in [7, 11) is 0. The lowest BCUT2D eigenvalue weighted by atomic mass is 10.1. The smallest absolute Gasteiger partial charge is 0.170 e. The molecule has 21 heavy (non-hydrogen) atoms. The van der Waals surface area contributed by atoms with Crippen molar-refractivity contribution in [2.45, 2.75) is 13.5 Å². The summed E-state index contributed by atoms with van der Waals surface area (Å²) in [5.74, 6) is 0.663. The number of amidine groups is 1. The first-order chi connectivity index (χ1) is 10.0. The van der Waals surface area contributed by atoms with Gasteiger partial charge in [0, 0.05) is 21.2 Å². The van der Waals surface area contributed by atoms with Gasteiger partial charge < -0.3 is 15.7 Å². The molecule has 0 radical (unpaired) electrons. The number of nitrogens with two attached hydrogens (primary N) is 1. The van der Waals surface area contributed by atoms with Crippen molar-refractivity contribution in [2.75, 3.05) is 0 Å². The maximum Gasteiger partial charge on any atom is 0.170 e. The number of halogens is 2. The van der Waals surface area contributed by atoms with Crippen LogP contribution < -0.4 is 10.5 Å². The van der Waals surface area contributed by atoms with Crippen LogP contribution in [0.4, 0.5) is 0 Å². The minimum atomic E-state index is 0.0284. The first kappa shape index (κ1) is 15.5. The highest BCUT2D eigenvalue weighted by atomic mass is 35.5. The number of benzene rings is 2. The van der Waals surface area contributed by atoms with E-state index in [-0.39, 0.29) is 12.4 Å². The number of hydrogen-bond donors (Lipinski definition) is 2. The highest BCUT2D eigenvalue weighted by molar-refractivity contribution is 6.33. The zero-order valence-electron chi connectivity index (χ0n) is 11.3. The number of rotatable bonds is 4. The maximum absolute atomic E-state index is 8.71. The number of aryl methyl sites for hydroxylation is 1. The van der Waals surface area contributed by atoms with Crippen LogP contribution in [-0.2, 0) is 6.61 Å². The molecule has 0 aromatic heterocycles. The predicted octanol–water partition coefficient (Wildman–Crippen LogP) is 3.98. The lowest BCUT2D eigenvalue weighted by molar-refractivity contribution is 0.304. The van der Waals surface area contributed by atoms with E-state index in [2.05, 4.69) is 5.16 Å². The summed E-state index contributed by atoms with van der Waals surface area (Å²) >= 11 is 12.0. The van der Waals surface area contributed by atoms with Crippen molar-refractivity contribution in [3.05, 3.63) is 63.1 Å². The Kier molecular flexibility index (Phi) is 4.94. The van der Waals surface area contributed by atoms with E-state index in [1.807, 2.05) is 13.0 Å². The molecule has 0 fully saturated rings. The lowest BCUT2D eigenvalue weighted by Crippen LogP contribution is -2.13. The summed E-state index contributed by atoms with van der Waals surface area (Å²) in [4.78, 5) is 0. The predicted molar refractivity (Wildman–Crippen MR) is 84.5 cm³/mol. The SMILES string of the molecule is Cc1ccc(/C(N)=N/O)cc1OCc1cc(Cl)ccc1Cl. The van der Waals surface area contributed by atoms with Gasteiger partial charge in [-0.3, -0.25) is 0 Å². The molecule has 0 aliphatic carbocycles. The third-order valence-electron chi connectivity index (χ3n) is 2.98. The molecule has 0 aliphatic rings. The average Bonchev–Trinajstić information content (AvgIpc) is 2.48. The van der Waals surface area contributed by atoms with Crippen molar-refractivity contribution >= 4 is 29.0 Å². The van der Waals surface area contributed by atoms with Crippen LogP contribution in [0.5, 0.6) is 5.75 Å². The van der Waals surface area contributed by atoms with Gasteiger partial charge in [-0.2, -0.15) is 0 Å². The highest BCUT2D eigenvalue weighted by Crippen LogP contribution is 2.25. The number of oxime groups is 1. The van der Waals surface area contributed by atoms with Gasteiger partial charge in [0.05, 0.1) is 0 Å². The molecule has 4 nitrogen and oxygen atoms in total. The van der Waals surface area contributed by atoms with Gasteiger partial charge in [0.25, 0.3) is 0 Å². The Hall–Kier alpha value is -1.91. The summed E-state index contributed by atoms with van der Waals surface area (Å²) < 4.78 is 5.76. The minimum absolute atomic E-state index is 0.0284. The molecule has 0 unspecified atom stereocenters. The molecule has 6 heteroatoms. The first-order valence-electron chi connectivity index (χ1n) is 6.16. The van der Waals surface area contributed by atoms with Gasteiger partial charge >= 0.3 is 0 Å². The first-order valence-corrected chi connectivity index (χ1v) is 6.92. The van der Waals surface area contributed by atoms with E-state index in [9.17, 15) is 0 Å². The number of nitrogens with zero attached hydrogens (tertiary/aromatic N) is 1. The normalized spacial score (nSPS) is 11.5. The molecule has 0 spiro atoms. The van der Waals surface area contributed by atoms with Gasteiger partial charge in [-0.15, -0.1) is 0 Å². The average molecular weight is 325 g/mol. The fourth-order valence-electron chi connectivity index (χ4n) is 1.78. The molecule has 2 rings (SSSR count). The van der Waals surface area contributed by atoms with Crippen molar-refractivity contribution in [3.8, 4) is 5.75 Å². The van der Waals surface area contributed by atoms with Crippen LogP contribution in [0.2, 0.25) is 10.0 Å². The molecule has 0 saturated heterocycles. The monoisotopic (exact) mass is 324 g/mol. The zero-order chi connectivity index (χ0) is 15.4. The van der Waals surface area contributed by atoms with Crippen LogP contribution in [0.15, 0.2) is 41.6 Å². The van der Waals surface area contributed by atoms with Crippen LogP contribution in [0, 0.1) is 6.92 Å². The Bertz CT molecular complexity index is 687. The molecular weight excluding hydrogens is 311 g/mol. The van der Waals surface area contributed by atoms with E-state index in [4.69, 9.17) is 38.9 Å².